The molecule has 1 aliphatic carbocycles. The van der Waals surface area contributed by atoms with Crippen LogP contribution in [-0.2, 0) is 0 Å². The lowest BCUT2D eigenvalue weighted by molar-refractivity contribution is 0.0940. The molecule has 1 amide bonds. The minimum atomic E-state index is -1.03. The molecular weight excluding hydrogens is 445 g/mol. The number of carbonyl (C=O) groups is 1. The fourth-order valence-corrected chi connectivity index (χ4v) is 3.38. The van der Waals surface area contributed by atoms with Crippen molar-refractivity contribution in [3.63, 3.8) is 0 Å². The second-order valence-electron chi connectivity index (χ2n) is 7.56. The molecule has 5 rings (SSSR count). The quantitative estimate of drug-likeness (QED) is 0.368. The van der Waals surface area contributed by atoms with E-state index in [4.69, 9.17) is 4.74 Å². The number of carbonyl (C=O) groups excluding carboxylic acids is 1. The Labute approximate surface area is 191 Å². The molecule has 0 radical (unpaired) electrons. The Kier molecular flexibility index (Phi) is 5.28. The SMILES string of the molecule is CNc1cc(Nc2cccn(-c3ccc(OC)nn3)c2=O)nn2c(C(=O)N[C@@H]3C[C@@H]3F)cnc12. The standard InChI is InChI=1S/C21H20FN9O3/c1-23-14-9-16(29-31-15(10-24-19(14)31)20(32)26-13-8-11(13)22)25-12-4-3-7-30(21(12)33)17-5-6-18(34-2)28-27-17/h3-7,9-11,13,23H,8H2,1-2H3,(H,25,29)(H,26,32)/t11-,13+/m0/s1. The van der Waals surface area contributed by atoms with E-state index in [1.165, 1.54) is 22.4 Å². The minimum Gasteiger partial charge on any atom is -0.480 e. The van der Waals surface area contributed by atoms with E-state index in [1.807, 2.05) is 0 Å². The maximum Gasteiger partial charge on any atom is 0.280 e. The fraction of sp³-hybridized carbons (Fsp3) is 0.238. The lowest BCUT2D eigenvalue weighted by atomic mass is 10.3. The molecule has 4 heterocycles. The number of alkyl halides is 1. The van der Waals surface area contributed by atoms with Crippen molar-refractivity contribution in [3.05, 3.63) is 58.8 Å². The molecule has 0 unspecified atom stereocenters. The molecule has 13 heteroatoms. The van der Waals surface area contributed by atoms with Crippen LogP contribution in [0.5, 0.6) is 5.88 Å². The Morgan fingerprint density at radius 2 is 2.06 bits per heavy atom. The van der Waals surface area contributed by atoms with E-state index in [-0.39, 0.29) is 22.8 Å². The van der Waals surface area contributed by atoms with Gasteiger partial charge in [-0.05, 0) is 18.2 Å². The number of rotatable bonds is 7. The first-order valence-electron chi connectivity index (χ1n) is 10.4. The third-order valence-electron chi connectivity index (χ3n) is 5.29. The average molecular weight is 465 g/mol. The number of amides is 1. The number of nitrogens with zero attached hydrogens (tertiary/aromatic N) is 6. The van der Waals surface area contributed by atoms with Gasteiger partial charge in [-0.1, -0.05) is 0 Å². The number of anilines is 3. The van der Waals surface area contributed by atoms with Crippen molar-refractivity contribution in [1.82, 2.24) is 34.7 Å². The van der Waals surface area contributed by atoms with Crippen molar-refractivity contribution in [3.8, 4) is 11.7 Å². The number of pyridine rings is 1. The average Bonchev–Trinajstić information content (AvgIpc) is 3.36. The summed E-state index contributed by atoms with van der Waals surface area (Å²) >= 11 is 0. The van der Waals surface area contributed by atoms with E-state index in [9.17, 15) is 14.0 Å². The Hall–Kier alpha value is -4.55. The van der Waals surface area contributed by atoms with E-state index in [1.54, 1.807) is 43.6 Å². The molecule has 4 aromatic rings. The van der Waals surface area contributed by atoms with Crippen LogP contribution in [0.3, 0.4) is 0 Å². The molecule has 4 aromatic heterocycles. The van der Waals surface area contributed by atoms with E-state index < -0.39 is 18.1 Å². The Bertz CT molecular complexity index is 1430. The highest BCUT2D eigenvalue weighted by atomic mass is 19.1. The van der Waals surface area contributed by atoms with Crippen LogP contribution >= 0.6 is 0 Å². The zero-order valence-electron chi connectivity index (χ0n) is 18.2. The third kappa shape index (κ3) is 3.87. The van der Waals surface area contributed by atoms with Crippen LogP contribution in [-0.4, -0.2) is 61.6 Å². The van der Waals surface area contributed by atoms with E-state index >= 15 is 0 Å². The monoisotopic (exact) mass is 465 g/mol. The molecule has 0 aromatic carbocycles. The molecule has 1 fully saturated rings. The second kappa shape index (κ2) is 8.42. The summed E-state index contributed by atoms with van der Waals surface area (Å²) in [4.78, 5) is 29.9. The number of aromatic nitrogens is 6. The van der Waals surface area contributed by atoms with Gasteiger partial charge >= 0.3 is 0 Å². The van der Waals surface area contributed by atoms with Gasteiger partial charge in [0, 0.05) is 31.8 Å². The van der Waals surface area contributed by atoms with Crippen LogP contribution in [0.25, 0.3) is 11.5 Å². The van der Waals surface area contributed by atoms with Crippen molar-refractivity contribution >= 4 is 28.7 Å². The van der Waals surface area contributed by atoms with Gasteiger partial charge in [0.15, 0.2) is 23.0 Å². The minimum absolute atomic E-state index is 0.147. The molecule has 2 atom stereocenters. The topological polar surface area (TPSA) is 140 Å². The number of hydrogen-bond acceptors (Lipinski definition) is 9. The van der Waals surface area contributed by atoms with Gasteiger partial charge in [-0.25, -0.2) is 13.9 Å². The van der Waals surface area contributed by atoms with Crippen LogP contribution < -0.4 is 26.2 Å². The van der Waals surface area contributed by atoms with Gasteiger partial charge in [0.2, 0.25) is 5.88 Å². The molecule has 3 N–H and O–H groups in total. The lowest BCUT2D eigenvalue weighted by Gasteiger charge is -2.11. The highest BCUT2D eigenvalue weighted by molar-refractivity contribution is 5.94. The van der Waals surface area contributed by atoms with Crippen molar-refractivity contribution < 1.29 is 13.9 Å². The highest BCUT2D eigenvalue weighted by Gasteiger charge is 2.39. The molecule has 34 heavy (non-hydrogen) atoms. The largest absolute Gasteiger partial charge is 0.480 e. The number of imidazole rings is 1. The number of nitrogens with one attached hydrogen (secondary N) is 3. The first-order valence-corrected chi connectivity index (χ1v) is 10.4. The van der Waals surface area contributed by atoms with Crippen LogP contribution in [0, 0.1) is 0 Å². The summed E-state index contributed by atoms with van der Waals surface area (Å²) in [6, 6.07) is 7.64. The summed E-state index contributed by atoms with van der Waals surface area (Å²) in [5.74, 6) is 0.444. The van der Waals surface area contributed by atoms with E-state index in [2.05, 4.69) is 36.2 Å². The first kappa shape index (κ1) is 21.3. The maximum absolute atomic E-state index is 13.2. The molecule has 12 nitrogen and oxygen atoms in total. The summed E-state index contributed by atoms with van der Waals surface area (Å²) in [7, 11) is 3.17. The summed E-state index contributed by atoms with van der Waals surface area (Å²) < 4.78 is 20.9. The summed E-state index contributed by atoms with van der Waals surface area (Å²) in [5.41, 5.74) is 0.959. The number of methoxy groups -OCH3 is 1. The van der Waals surface area contributed by atoms with E-state index in [0.29, 0.717) is 29.5 Å². The Morgan fingerprint density at radius 3 is 2.74 bits per heavy atom. The fourth-order valence-electron chi connectivity index (χ4n) is 3.38. The number of ether oxygens (including phenoxy) is 1. The molecular formula is C21H20FN9O3. The van der Waals surface area contributed by atoms with Crippen LogP contribution in [0.4, 0.5) is 21.6 Å². The zero-order chi connectivity index (χ0) is 23.8. The Morgan fingerprint density at radius 1 is 1.24 bits per heavy atom. The van der Waals surface area contributed by atoms with Crippen molar-refractivity contribution in [2.75, 3.05) is 24.8 Å². The van der Waals surface area contributed by atoms with Gasteiger partial charge in [-0.2, -0.15) is 0 Å². The first-order chi connectivity index (χ1) is 16.5. The smallest absolute Gasteiger partial charge is 0.280 e. The molecule has 0 saturated heterocycles. The second-order valence-corrected chi connectivity index (χ2v) is 7.56. The number of fused-ring (bicyclic) bond motifs is 1. The number of halogens is 1. The number of hydrogen-bond donors (Lipinski definition) is 3. The third-order valence-corrected chi connectivity index (χ3v) is 5.29. The van der Waals surface area contributed by atoms with Crippen LogP contribution in [0.1, 0.15) is 16.9 Å². The van der Waals surface area contributed by atoms with Gasteiger partial charge in [0.25, 0.3) is 11.5 Å². The van der Waals surface area contributed by atoms with Gasteiger partial charge < -0.3 is 20.7 Å². The molecule has 1 saturated carbocycles. The molecule has 0 spiro atoms. The van der Waals surface area contributed by atoms with Crippen molar-refractivity contribution in [1.29, 1.82) is 0 Å². The van der Waals surface area contributed by atoms with Crippen LogP contribution in [0.2, 0.25) is 0 Å². The van der Waals surface area contributed by atoms with Gasteiger partial charge in [0.05, 0.1) is 25.0 Å². The van der Waals surface area contributed by atoms with Crippen molar-refractivity contribution in [2.45, 2.75) is 18.6 Å². The van der Waals surface area contributed by atoms with Gasteiger partial charge in [0.1, 0.15) is 11.9 Å². The molecule has 0 bridgehead atoms. The van der Waals surface area contributed by atoms with E-state index in [0.717, 1.165) is 0 Å². The molecule has 0 aliphatic heterocycles. The molecule has 174 valence electrons. The normalized spacial score (nSPS) is 16.8. The lowest BCUT2D eigenvalue weighted by Crippen LogP contribution is -2.28. The maximum atomic E-state index is 13.2. The van der Waals surface area contributed by atoms with Crippen LogP contribution in [0.15, 0.2) is 47.5 Å². The predicted octanol–water partition coefficient (Wildman–Crippen LogP) is 1.30. The van der Waals surface area contributed by atoms with Gasteiger partial charge in [-0.15, -0.1) is 15.3 Å². The summed E-state index contributed by atoms with van der Waals surface area (Å²) in [6.07, 6.45) is 2.20. The van der Waals surface area contributed by atoms with Crippen molar-refractivity contribution in [2.24, 2.45) is 0 Å². The highest BCUT2D eigenvalue weighted by Crippen LogP contribution is 2.26. The Balaban J connectivity index is 1.49. The summed E-state index contributed by atoms with van der Waals surface area (Å²) in [5, 5.41) is 20.9. The summed E-state index contributed by atoms with van der Waals surface area (Å²) in [6.45, 7) is 0. The van der Waals surface area contributed by atoms with Gasteiger partial charge in [-0.3, -0.25) is 14.2 Å². The zero-order valence-corrected chi connectivity index (χ0v) is 18.2. The molecule has 1 aliphatic rings. The predicted molar refractivity (Wildman–Crippen MR) is 121 cm³/mol.